The lowest BCUT2D eigenvalue weighted by molar-refractivity contribution is 0.461. The van der Waals surface area contributed by atoms with Crippen molar-refractivity contribution in [3.8, 4) is 0 Å². The van der Waals surface area contributed by atoms with Gasteiger partial charge in [-0.05, 0) is 39.5 Å². The normalized spacial score (nSPS) is 23.0. The highest BCUT2D eigenvalue weighted by molar-refractivity contribution is 7.90. The first-order valence-corrected chi connectivity index (χ1v) is 9.58. The zero-order valence-corrected chi connectivity index (χ0v) is 14.0. The van der Waals surface area contributed by atoms with E-state index in [0.29, 0.717) is 12.5 Å². The van der Waals surface area contributed by atoms with Crippen LogP contribution in [0.25, 0.3) is 0 Å². The van der Waals surface area contributed by atoms with Crippen LogP contribution in [0.3, 0.4) is 0 Å². The zero-order valence-electron chi connectivity index (χ0n) is 13.2. The number of sulfonamides is 1. The molecule has 1 aromatic heterocycles. The lowest BCUT2D eigenvalue weighted by Gasteiger charge is -2.34. The number of nitrogens with zero attached hydrogens (tertiary/aromatic N) is 3. The van der Waals surface area contributed by atoms with Crippen LogP contribution in [0.15, 0.2) is 12.4 Å². The van der Waals surface area contributed by atoms with Crippen LogP contribution in [0.5, 0.6) is 0 Å². The van der Waals surface area contributed by atoms with Gasteiger partial charge in [-0.15, -0.1) is 0 Å². The highest BCUT2D eigenvalue weighted by Gasteiger charge is 2.28. The van der Waals surface area contributed by atoms with Gasteiger partial charge < -0.3 is 4.90 Å². The number of hydrogen-bond acceptors (Lipinski definition) is 5. The highest BCUT2D eigenvalue weighted by Crippen LogP contribution is 2.39. The standard InChI is InChI=1S/C15H24N4O2S/c1-11(2)22(20,21)18-13-4-3-7-19(9-13)15-8-14(12-5-6-12)16-10-17-15/h8,10-13,18H,3-7,9H2,1-2H3. The third kappa shape index (κ3) is 3.57. The molecule has 0 amide bonds. The number of nitrogens with one attached hydrogen (secondary N) is 1. The molecule has 0 radical (unpaired) electrons. The Bertz CT molecular complexity index is 628. The van der Waals surface area contributed by atoms with Gasteiger partial charge in [0, 0.05) is 36.8 Å². The van der Waals surface area contributed by atoms with E-state index in [9.17, 15) is 8.42 Å². The van der Waals surface area contributed by atoms with Gasteiger partial charge in [0.05, 0.1) is 5.25 Å². The van der Waals surface area contributed by atoms with Crippen molar-refractivity contribution in [3.63, 3.8) is 0 Å². The fourth-order valence-corrected chi connectivity index (χ4v) is 3.72. The summed E-state index contributed by atoms with van der Waals surface area (Å²) in [5.41, 5.74) is 1.12. The summed E-state index contributed by atoms with van der Waals surface area (Å²) in [5, 5.41) is -0.400. The van der Waals surface area contributed by atoms with Crippen molar-refractivity contribution in [1.29, 1.82) is 0 Å². The van der Waals surface area contributed by atoms with E-state index in [1.165, 1.54) is 12.8 Å². The molecule has 2 heterocycles. The molecule has 0 spiro atoms. The van der Waals surface area contributed by atoms with Crippen molar-refractivity contribution in [2.24, 2.45) is 0 Å². The summed E-state index contributed by atoms with van der Waals surface area (Å²) in [4.78, 5) is 10.9. The molecule has 1 atom stereocenters. The molecule has 1 saturated carbocycles. The Morgan fingerprint density at radius 3 is 2.73 bits per heavy atom. The maximum atomic E-state index is 12.0. The summed E-state index contributed by atoms with van der Waals surface area (Å²) in [6.45, 7) is 5.00. The van der Waals surface area contributed by atoms with E-state index in [1.54, 1.807) is 20.2 Å². The van der Waals surface area contributed by atoms with Crippen LogP contribution >= 0.6 is 0 Å². The molecule has 0 aromatic carbocycles. The average molecular weight is 324 g/mol. The van der Waals surface area contributed by atoms with Crippen molar-refractivity contribution in [2.45, 2.75) is 56.7 Å². The third-order valence-electron chi connectivity index (χ3n) is 4.37. The smallest absolute Gasteiger partial charge is 0.214 e. The van der Waals surface area contributed by atoms with Gasteiger partial charge in [0.2, 0.25) is 10.0 Å². The second-order valence-corrected chi connectivity index (χ2v) is 8.84. The van der Waals surface area contributed by atoms with Gasteiger partial charge in [-0.2, -0.15) is 0 Å². The summed E-state index contributed by atoms with van der Waals surface area (Å²) >= 11 is 0. The summed E-state index contributed by atoms with van der Waals surface area (Å²) in [6.07, 6.45) is 5.91. The summed E-state index contributed by atoms with van der Waals surface area (Å²) < 4.78 is 26.9. The molecule has 1 aliphatic heterocycles. The summed E-state index contributed by atoms with van der Waals surface area (Å²) in [6, 6.07) is 2.03. The topological polar surface area (TPSA) is 75.2 Å². The summed E-state index contributed by atoms with van der Waals surface area (Å²) in [7, 11) is -3.22. The predicted octanol–water partition coefficient (Wildman–Crippen LogP) is 1.65. The van der Waals surface area contributed by atoms with Crippen molar-refractivity contribution >= 4 is 15.8 Å². The molecule has 1 aromatic rings. The van der Waals surface area contributed by atoms with Crippen LogP contribution in [-0.4, -0.2) is 42.8 Å². The number of hydrogen-bond donors (Lipinski definition) is 1. The van der Waals surface area contributed by atoms with Crippen LogP contribution in [0.1, 0.15) is 51.1 Å². The Balaban J connectivity index is 1.69. The van der Waals surface area contributed by atoms with Gasteiger partial charge in [-0.25, -0.2) is 23.1 Å². The highest BCUT2D eigenvalue weighted by atomic mass is 32.2. The molecule has 1 saturated heterocycles. The predicted molar refractivity (Wildman–Crippen MR) is 86.4 cm³/mol. The number of anilines is 1. The zero-order chi connectivity index (χ0) is 15.7. The number of piperidine rings is 1. The number of rotatable bonds is 5. The van der Waals surface area contributed by atoms with E-state index in [1.807, 2.05) is 0 Å². The minimum atomic E-state index is -3.22. The maximum Gasteiger partial charge on any atom is 0.214 e. The quantitative estimate of drug-likeness (QED) is 0.891. The molecule has 1 N–H and O–H groups in total. The van der Waals surface area contributed by atoms with E-state index in [4.69, 9.17) is 0 Å². The van der Waals surface area contributed by atoms with E-state index in [-0.39, 0.29) is 6.04 Å². The van der Waals surface area contributed by atoms with Crippen LogP contribution in [0, 0.1) is 0 Å². The Hall–Kier alpha value is -1.21. The molecular weight excluding hydrogens is 300 g/mol. The van der Waals surface area contributed by atoms with Crippen molar-refractivity contribution in [2.75, 3.05) is 18.0 Å². The van der Waals surface area contributed by atoms with Crippen molar-refractivity contribution < 1.29 is 8.42 Å². The van der Waals surface area contributed by atoms with Gasteiger partial charge >= 0.3 is 0 Å². The minimum Gasteiger partial charge on any atom is -0.355 e. The fourth-order valence-electron chi connectivity index (χ4n) is 2.79. The average Bonchev–Trinajstić information content (AvgIpc) is 3.32. The van der Waals surface area contributed by atoms with Gasteiger partial charge in [-0.3, -0.25) is 0 Å². The van der Waals surface area contributed by atoms with E-state index >= 15 is 0 Å². The largest absolute Gasteiger partial charge is 0.355 e. The molecular formula is C15H24N4O2S. The molecule has 2 aliphatic rings. The van der Waals surface area contributed by atoms with E-state index < -0.39 is 15.3 Å². The fraction of sp³-hybridized carbons (Fsp3) is 0.733. The van der Waals surface area contributed by atoms with Crippen LogP contribution in [0.2, 0.25) is 0 Å². The van der Waals surface area contributed by atoms with E-state index in [0.717, 1.165) is 30.9 Å². The van der Waals surface area contributed by atoms with Crippen molar-refractivity contribution in [1.82, 2.24) is 14.7 Å². The van der Waals surface area contributed by atoms with Crippen LogP contribution < -0.4 is 9.62 Å². The molecule has 6 nitrogen and oxygen atoms in total. The minimum absolute atomic E-state index is 0.0412. The maximum absolute atomic E-state index is 12.0. The van der Waals surface area contributed by atoms with Gasteiger partial charge in [0.25, 0.3) is 0 Å². The van der Waals surface area contributed by atoms with Crippen molar-refractivity contribution in [3.05, 3.63) is 18.1 Å². The first-order valence-electron chi connectivity index (χ1n) is 8.04. The Kier molecular flexibility index (Phi) is 4.36. The SMILES string of the molecule is CC(C)S(=O)(=O)NC1CCCN(c2cc(C3CC3)ncn2)C1. The molecule has 1 unspecified atom stereocenters. The van der Waals surface area contributed by atoms with Gasteiger partial charge in [-0.1, -0.05) is 0 Å². The molecule has 22 heavy (non-hydrogen) atoms. The van der Waals surface area contributed by atoms with Gasteiger partial charge in [0.15, 0.2) is 0 Å². The summed E-state index contributed by atoms with van der Waals surface area (Å²) in [5.74, 6) is 1.52. The third-order valence-corrected chi connectivity index (χ3v) is 6.27. The Morgan fingerprint density at radius 2 is 2.05 bits per heavy atom. The Labute approximate surface area is 132 Å². The molecule has 1 aliphatic carbocycles. The molecule has 0 bridgehead atoms. The molecule has 2 fully saturated rings. The first-order chi connectivity index (χ1) is 10.5. The van der Waals surface area contributed by atoms with Crippen LogP contribution in [0.4, 0.5) is 5.82 Å². The Morgan fingerprint density at radius 1 is 1.27 bits per heavy atom. The lowest BCUT2D eigenvalue weighted by atomic mass is 10.1. The number of aromatic nitrogens is 2. The molecule has 122 valence electrons. The first kappa shape index (κ1) is 15.7. The van der Waals surface area contributed by atoms with Gasteiger partial charge in [0.1, 0.15) is 12.1 Å². The van der Waals surface area contributed by atoms with Crippen LogP contribution in [-0.2, 0) is 10.0 Å². The molecule has 3 rings (SSSR count). The lowest BCUT2D eigenvalue weighted by Crippen LogP contribution is -2.49. The monoisotopic (exact) mass is 324 g/mol. The molecule has 7 heteroatoms. The second-order valence-electron chi connectivity index (χ2n) is 6.57. The second kappa shape index (κ2) is 6.12. The van der Waals surface area contributed by atoms with E-state index in [2.05, 4.69) is 25.7 Å².